The van der Waals surface area contributed by atoms with Crippen LogP contribution in [0.15, 0.2) is 58.3 Å². The molecule has 2 heterocycles. The summed E-state index contributed by atoms with van der Waals surface area (Å²) < 4.78 is 1.61. The molecule has 25 heavy (non-hydrogen) atoms. The van der Waals surface area contributed by atoms with E-state index in [1.54, 1.807) is 16.8 Å². The maximum Gasteiger partial charge on any atom is 0.266 e. The fourth-order valence-corrected chi connectivity index (χ4v) is 2.79. The van der Waals surface area contributed by atoms with Gasteiger partial charge in [0.15, 0.2) is 0 Å². The molecule has 1 aromatic carbocycles. The molecule has 0 aliphatic rings. The third-order valence-corrected chi connectivity index (χ3v) is 4.19. The van der Waals surface area contributed by atoms with Gasteiger partial charge in [-0.2, -0.15) is 5.26 Å². The quantitative estimate of drug-likeness (QED) is 0.774. The highest BCUT2D eigenvalue weighted by Crippen LogP contribution is 2.11. The van der Waals surface area contributed by atoms with Gasteiger partial charge in [-0.25, -0.2) is 0 Å². The maximum atomic E-state index is 12.6. The lowest BCUT2D eigenvalue weighted by atomic mass is 10.2. The first-order valence-corrected chi connectivity index (χ1v) is 8.03. The molecule has 0 radical (unpaired) electrons. The first-order chi connectivity index (χ1) is 12.1. The number of hydrogen-bond acceptors (Lipinski definition) is 4. The summed E-state index contributed by atoms with van der Waals surface area (Å²) in [5, 5.41) is 9.32. The molecule has 0 saturated heterocycles. The molecule has 0 fully saturated rings. The number of benzene rings is 1. The molecule has 0 bridgehead atoms. The minimum atomic E-state index is -0.475. The average Bonchev–Trinajstić information content (AvgIpc) is 2.64. The summed E-state index contributed by atoms with van der Waals surface area (Å²) in [6, 6.07) is 14.9. The van der Waals surface area contributed by atoms with Crippen LogP contribution >= 0.6 is 0 Å². The number of rotatable bonds is 5. The number of aryl methyl sites for hydroxylation is 1. The van der Waals surface area contributed by atoms with Crippen molar-refractivity contribution >= 4 is 16.6 Å². The molecule has 0 aliphatic heterocycles. The number of para-hydroxylation sites is 1. The predicted molar refractivity (Wildman–Crippen MR) is 97.9 cm³/mol. The standard InChI is InChI=1S/C19H18N4O2/c1-22(15-6-3-2-4-7-15)9-5-10-23-11-8-17-16(19(23)25)12-14(13-20)18(24)21-17/h2-4,6-8,11-12H,5,9-10H2,1H3,(H,21,24). The molecule has 1 N–H and O–H groups in total. The number of nitrogens with one attached hydrogen (secondary N) is 1. The predicted octanol–water partition coefficient (Wildman–Crippen LogP) is 2.09. The highest BCUT2D eigenvalue weighted by atomic mass is 16.1. The number of aromatic amines is 1. The van der Waals surface area contributed by atoms with Crippen LogP contribution in [0.5, 0.6) is 0 Å². The van der Waals surface area contributed by atoms with E-state index in [-0.39, 0.29) is 11.1 Å². The van der Waals surface area contributed by atoms with Gasteiger partial charge in [0.1, 0.15) is 11.6 Å². The summed E-state index contributed by atoms with van der Waals surface area (Å²) in [6.45, 7) is 1.37. The Kier molecular flexibility index (Phi) is 4.66. The fraction of sp³-hybridized carbons (Fsp3) is 0.211. The molecule has 2 aromatic heterocycles. The first-order valence-electron chi connectivity index (χ1n) is 8.03. The van der Waals surface area contributed by atoms with Gasteiger partial charge in [-0.05, 0) is 30.7 Å². The Morgan fingerprint density at radius 2 is 1.96 bits per heavy atom. The van der Waals surface area contributed by atoms with E-state index in [0.29, 0.717) is 17.4 Å². The molecule has 6 nitrogen and oxygen atoms in total. The summed E-state index contributed by atoms with van der Waals surface area (Å²) in [5.74, 6) is 0. The number of nitriles is 1. The number of fused-ring (bicyclic) bond motifs is 1. The Morgan fingerprint density at radius 1 is 1.20 bits per heavy atom. The van der Waals surface area contributed by atoms with E-state index >= 15 is 0 Å². The Balaban J connectivity index is 1.77. The Hall–Kier alpha value is -3.33. The summed E-state index contributed by atoms with van der Waals surface area (Å²) in [7, 11) is 2.02. The summed E-state index contributed by atoms with van der Waals surface area (Å²) >= 11 is 0. The van der Waals surface area contributed by atoms with Crippen molar-refractivity contribution in [2.75, 3.05) is 18.5 Å². The van der Waals surface area contributed by atoms with Crippen LogP contribution in [0.4, 0.5) is 5.69 Å². The molecule has 3 rings (SSSR count). The smallest absolute Gasteiger partial charge is 0.266 e. The van der Waals surface area contributed by atoms with Crippen LogP contribution in [0.1, 0.15) is 12.0 Å². The van der Waals surface area contributed by atoms with Gasteiger partial charge in [-0.15, -0.1) is 0 Å². The molecule has 0 spiro atoms. The van der Waals surface area contributed by atoms with Crippen molar-refractivity contribution in [3.05, 3.63) is 74.9 Å². The topological polar surface area (TPSA) is 81.9 Å². The second kappa shape index (κ2) is 7.05. The number of pyridine rings is 2. The van der Waals surface area contributed by atoms with Gasteiger partial charge in [0, 0.05) is 32.0 Å². The highest BCUT2D eigenvalue weighted by Gasteiger charge is 2.08. The van der Waals surface area contributed by atoms with Gasteiger partial charge in [0.05, 0.1) is 10.9 Å². The van der Waals surface area contributed by atoms with E-state index in [1.807, 2.05) is 43.4 Å². The number of hydrogen-bond donors (Lipinski definition) is 1. The average molecular weight is 334 g/mol. The second-order valence-electron chi connectivity index (χ2n) is 5.88. The van der Waals surface area contributed by atoms with E-state index in [2.05, 4.69) is 9.88 Å². The van der Waals surface area contributed by atoms with Crippen LogP contribution in [-0.4, -0.2) is 23.1 Å². The van der Waals surface area contributed by atoms with Crippen LogP contribution < -0.4 is 16.0 Å². The largest absolute Gasteiger partial charge is 0.375 e. The van der Waals surface area contributed by atoms with Crippen molar-refractivity contribution in [1.82, 2.24) is 9.55 Å². The molecule has 0 aliphatic carbocycles. The molecule has 0 amide bonds. The van der Waals surface area contributed by atoms with Crippen LogP contribution in [0, 0.1) is 11.3 Å². The first kappa shape index (κ1) is 16.5. The fourth-order valence-electron chi connectivity index (χ4n) is 2.79. The zero-order chi connectivity index (χ0) is 17.8. The SMILES string of the molecule is CN(CCCn1ccc2[nH]c(=O)c(C#N)cc2c1=O)c1ccccc1. The van der Waals surface area contributed by atoms with E-state index in [1.165, 1.54) is 6.07 Å². The zero-order valence-corrected chi connectivity index (χ0v) is 13.9. The van der Waals surface area contributed by atoms with Gasteiger partial charge in [-0.1, -0.05) is 18.2 Å². The van der Waals surface area contributed by atoms with Crippen LogP contribution in [0.3, 0.4) is 0 Å². The van der Waals surface area contributed by atoms with Crippen molar-refractivity contribution < 1.29 is 0 Å². The van der Waals surface area contributed by atoms with Gasteiger partial charge in [0.25, 0.3) is 11.1 Å². The van der Waals surface area contributed by atoms with Crippen molar-refractivity contribution in [2.45, 2.75) is 13.0 Å². The third-order valence-electron chi connectivity index (χ3n) is 4.19. The summed E-state index contributed by atoms with van der Waals surface area (Å²) in [5.41, 5.74) is 0.853. The molecule has 0 unspecified atom stereocenters. The second-order valence-corrected chi connectivity index (χ2v) is 5.88. The molecule has 6 heteroatoms. The van der Waals surface area contributed by atoms with Crippen molar-refractivity contribution in [2.24, 2.45) is 0 Å². The van der Waals surface area contributed by atoms with Crippen molar-refractivity contribution in [3.8, 4) is 6.07 Å². The Morgan fingerprint density at radius 3 is 2.68 bits per heavy atom. The molecular formula is C19H18N4O2. The van der Waals surface area contributed by atoms with Crippen LogP contribution in [-0.2, 0) is 6.54 Å². The lowest BCUT2D eigenvalue weighted by Crippen LogP contribution is -2.25. The minimum absolute atomic E-state index is 0.0499. The maximum absolute atomic E-state index is 12.6. The van der Waals surface area contributed by atoms with Crippen LogP contribution in [0.25, 0.3) is 10.9 Å². The number of aromatic nitrogens is 2. The molecule has 0 saturated carbocycles. The normalized spacial score (nSPS) is 10.6. The number of anilines is 1. The molecule has 3 aromatic rings. The third kappa shape index (κ3) is 3.45. The lowest BCUT2D eigenvalue weighted by Gasteiger charge is -2.19. The Bertz CT molecular complexity index is 1040. The number of H-pyrrole nitrogens is 1. The summed E-state index contributed by atoms with van der Waals surface area (Å²) in [6.07, 6.45) is 2.47. The minimum Gasteiger partial charge on any atom is -0.375 e. The monoisotopic (exact) mass is 334 g/mol. The zero-order valence-electron chi connectivity index (χ0n) is 13.9. The van der Waals surface area contributed by atoms with Gasteiger partial charge >= 0.3 is 0 Å². The van der Waals surface area contributed by atoms with Crippen molar-refractivity contribution in [3.63, 3.8) is 0 Å². The molecule has 0 atom stereocenters. The van der Waals surface area contributed by atoms with E-state index in [4.69, 9.17) is 5.26 Å². The van der Waals surface area contributed by atoms with Gasteiger partial charge in [-0.3, -0.25) is 9.59 Å². The molecular weight excluding hydrogens is 316 g/mol. The van der Waals surface area contributed by atoms with Gasteiger partial charge in [0.2, 0.25) is 0 Å². The highest BCUT2D eigenvalue weighted by molar-refractivity contribution is 5.78. The van der Waals surface area contributed by atoms with Crippen molar-refractivity contribution in [1.29, 1.82) is 5.26 Å². The molecule has 126 valence electrons. The summed E-state index contributed by atoms with van der Waals surface area (Å²) in [4.78, 5) is 28.9. The number of nitrogens with zero attached hydrogens (tertiary/aromatic N) is 3. The Labute approximate surface area is 144 Å². The van der Waals surface area contributed by atoms with Crippen LogP contribution in [0.2, 0.25) is 0 Å². The van der Waals surface area contributed by atoms with E-state index < -0.39 is 5.56 Å². The van der Waals surface area contributed by atoms with Gasteiger partial charge < -0.3 is 14.5 Å². The van der Waals surface area contributed by atoms with E-state index in [0.717, 1.165) is 18.7 Å². The lowest BCUT2D eigenvalue weighted by molar-refractivity contribution is 0.623. The van der Waals surface area contributed by atoms with E-state index in [9.17, 15) is 9.59 Å².